The number of carbonyl (C=O) groups excluding carboxylic acids is 1. The van der Waals surface area contributed by atoms with Crippen LogP contribution < -0.4 is 14.8 Å². The second-order valence-electron chi connectivity index (χ2n) is 8.57. The number of benzene rings is 1. The maximum atomic E-state index is 12.8. The highest BCUT2D eigenvalue weighted by Gasteiger charge is 2.22. The molecule has 1 atom stereocenters. The monoisotopic (exact) mass is 506 g/mol. The van der Waals surface area contributed by atoms with Crippen molar-refractivity contribution >= 4 is 28.2 Å². The molecular formula is C26H30N6O3S. The molecule has 1 saturated heterocycles. The number of hydrogen-bond acceptors (Lipinski definition) is 9. The topological polar surface area (TPSA) is 104 Å². The summed E-state index contributed by atoms with van der Waals surface area (Å²) in [6, 6.07) is 15.6. The van der Waals surface area contributed by atoms with Crippen molar-refractivity contribution in [1.82, 2.24) is 19.8 Å². The number of carbonyl (C=O) groups is 1. The third kappa shape index (κ3) is 6.50. The van der Waals surface area contributed by atoms with Crippen LogP contribution >= 0.6 is 11.3 Å². The van der Waals surface area contributed by atoms with E-state index in [-0.39, 0.29) is 5.91 Å². The third-order valence-corrected chi connectivity index (χ3v) is 6.80. The maximum Gasteiger partial charge on any atom is 0.273 e. The predicted octanol–water partition coefficient (Wildman–Crippen LogP) is 4.14. The molecule has 3 heterocycles. The smallest absolute Gasteiger partial charge is 0.273 e. The van der Waals surface area contributed by atoms with E-state index < -0.39 is 0 Å². The van der Waals surface area contributed by atoms with Gasteiger partial charge in [0.1, 0.15) is 18.1 Å². The van der Waals surface area contributed by atoms with Gasteiger partial charge in [-0.3, -0.25) is 9.69 Å². The van der Waals surface area contributed by atoms with Crippen LogP contribution in [0.1, 0.15) is 34.9 Å². The molecule has 0 saturated carbocycles. The Morgan fingerprint density at radius 3 is 2.89 bits per heavy atom. The Bertz CT molecular complexity index is 1210. The summed E-state index contributed by atoms with van der Waals surface area (Å²) in [6.45, 7) is 2.99. The first-order valence-corrected chi connectivity index (χ1v) is 12.8. The number of nitrogens with one attached hydrogen (secondary N) is 1. The van der Waals surface area contributed by atoms with Crippen molar-refractivity contribution in [3.63, 3.8) is 0 Å². The number of rotatable bonds is 10. The summed E-state index contributed by atoms with van der Waals surface area (Å²) in [7, 11) is 3.32. The highest BCUT2D eigenvalue weighted by atomic mass is 32.1. The SMILES string of the molecule is COc1ccccc1OCCN(C)C(=O)c1csc(Nc2cccc([C@H]3CCCN(CC#N)C3)n2)n1. The van der Waals surface area contributed by atoms with Gasteiger partial charge in [0.2, 0.25) is 0 Å². The zero-order chi connectivity index (χ0) is 25.3. The summed E-state index contributed by atoms with van der Waals surface area (Å²) in [5, 5.41) is 14.6. The first kappa shape index (κ1) is 25.4. The number of anilines is 2. The lowest BCUT2D eigenvalue weighted by Crippen LogP contribution is -2.34. The lowest BCUT2D eigenvalue weighted by molar-refractivity contribution is 0.0768. The van der Waals surface area contributed by atoms with Crippen molar-refractivity contribution < 1.29 is 14.3 Å². The normalized spacial score (nSPS) is 15.6. The van der Waals surface area contributed by atoms with Gasteiger partial charge in [0, 0.05) is 30.6 Å². The number of para-hydroxylation sites is 2. The Labute approximate surface area is 215 Å². The van der Waals surface area contributed by atoms with Crippen LogP contribution in [-0.4, -0.2) is 72.6 Å². The van der Waals surface area contributed by atoms with Crippen molar-refractivity contribution in [2.45, 2.75) is 18.8 Å². The van der Waals surface area contributed by atoms with Crippen LogP contribution in [0.4, 0.5) is 10.9 Å². The fourth-order valence-corrected chi connectivity index (χ4v) is 4.85. The lowest BCUT2D eigenvalue weighted by atomic mass is 9.94. The second kappa shape index (κ2) is 12.3. The van der Waals surface area contributed by atoms with Crippen molar-refractivity contribution in [3.05, 3.63) is 59.2 Å². The molecule has 188 valence electrons. The Hall–Kier alpha value is -3.68. The number of likely N-dealkylation sites (tertiary alicyclic amines) is 1. The maximum absolute atomic E-state index is 12.8. The minimum Gasteiger partial charge on any atom is -0.493 e. The van der Waals surface area contributed by atoms with Gasteiger partial charge in [0.25, 0.3) is 5.91 Å². The molecule has 0 spiro atoms. The van der Waals surface area contributed by atoms with Gasteiger partial charge in [-0.05, 0) is 43.7 Å². The highest BCUT2D eigenvalue weighted by Crippen LogP contribution is 2.28. The van der Waals surface area contributed by atoms with Crippen molar-refractivity contribution in [2.75, 3.05) is 52.3 Å². The van der Waals surface area contributed by atoms with Gasteiger partial charge < -0.3 is 19.7 Å². The molecule has 0 bridgehead atoms. The summed E-state index contributed by atoms with van der Waals surface area (Å²) in [4.78, 5) is 25.9. The van der Waals surface area contributed by atoms with Crippen LogP contribution in [0, 0.1) is 11.3 Å². The molecule has 1 N–H and O–H groups in total. The molecule has 0 unspecified atom stereocenters. The van der Waals surface area contributed by atoms with Gasteiger partial charge in [-0.1, -0.05) is 18.2 Å². The summed E-state index contributed by atoms with van der Waals surface area (Å²) in [5.74, 6) is 2.11. The summed E-state index contributed by atoms with van der Waals surface area (Å²) in [6.07, 6.45) is 2.11. The molecular weight excluding hydrogens is 476 g/mol. The van der Waals surface area contributed by atoms with Gasteiger partial charge in [0.15, 0.2) is 16.6 Å². The minimum atomic E-state index is -0.176. The first-order valence-electron chi connectivity index (χ1n) is 11.9. The Balaban J connectivity index is 1.32. The molecule has 1 aromatic carbocycles. The molecule has 2 aromatic heterocycles. The average Bonchev–Trinajstić information content (AvgIpc) is 3.37. The molecule has 1 aliphatic rings. The standard InChI is InChI=1S/C26H30N6O3S/c1-31(15-16-35-23-10-4-3-9-22(23)34-2)25(33)21-18-36-26(29-21)30-24-11-5-8-20(28-24)19-7-6-13-32(17-19)14-12-27/h3-5,8-11,18-19H,6-7,13-17H2,1-2H3,(H,28,29,30)/t19-/m0/s1. The largest absolute Gasteiger partial charge is 0.493 e. The number of methoxy groups -OCH3 is 1. The molecule has 1 amide bonds. The fraction of sp³-hybridized carbons (Fsp3) is 0.385. The fourth-order valence-electron chi connectivity index (χ4n) is 4.16. The van der Waals surface area contributed by atoms with Gasteiger partial charge in [0.05, 0.1) is 26.3 Å². The van der Waals surface area contributed by atoms with Gasteiger partial charge in [-0.2, -0.15) is 5.26 Å². The quantitative estimate of drug-likeness (QED) is 0.409. The van der Waals surface area contributed by atoms with Crippen molar-refractivity contribution in [2.24, 2.45) is 0 Å². The van der Waals surface area contributed by atoms with Gasteiger partial charge >= 0.3 is 0 Å². The van der Waals surface area contributed by atoms with E-state index in [1.807, 2.05) is 42.5 Å². The number of nitrogens with zero attached hydrogens (tertiary/aromatic N) is 5. The van der Waals surface area contributed by atoms with Crippen LogP contribution in [-0.2, 0) is 0 Å². The molecule has 3 aromatic rings. The van der Waals surface area contributed by atoms with Crippen LogP contribution in [0.25, 0.3) is 0 Å². The first-order chi connectivity index (χ1) is 17.6. The molecule has 0 aliphatic carbocycles. The number of thiazole rings is 1. The second-order valence-corrected chi connectivity index (χ2v) is 9.43. The van der Waals surface area contributed by atoms with Gasteiger partial charge in [-0.15, -0.1) is 11.3 Å². The number of pyridine rings is 1. The van der Waals surface area contributed by atoms with E-state index in [4.69, 9.17) is 19.7 Å². The highest BCUT2D eigenvalue weighted by molar-refractivity contribution is 7.14. The molecule has 1 fully saturated rings. The van der Waals surface area contributed by atoms with Crippen LogP contribution in [0.5, 0.6) is 11.5 Å². The number of nitriles is 1. The van der Waals surface area contributed by atoms with E-state index in [0.717, 1.165) is 31.6 Å². The number of likely N-dealkylation sites (N-methyl/N-ethyl adjacent to an activating group) is 1. The lowest BCUT2D eigenvalue weighted by Gasteiger charge is -2.30. The zero-order valence-corrected chi connectivity index (χ0v) is 21.3. The average molecular weight is 507 g/mol. The molecule has 9 nitrogen and oxygen atoms in total. The van der Waals surface area contributed by atoms with E-state index in [2.05, 4.69) is 21.3 Å². The number of amides is 1. The van der Waals surface area contributed by atoms with Gasteiger partial charge in [-0.25, -0.2) is 9.97 Å². The Kier molecular flexibility index (Phi) is 8.71. The van der Waals surface area contributed by atoms with Crippen LogP contribution in [0.3, 0.4) is 0 Å². The molecule has 36 heavy (non-hydrogen) atoms. The minimum absolute atomic E-state index is 0.176. The number of ether oxygens (including phenoxy) is 2. The summed E-state index contributed by atoms with van der Waals surface area (Å²) >= 11 is 1.36. The molecule has 0 radical (unpaired) electrons. The van der Waals surface area contributed by atoms with E-state index >= 15 is 0 Å². The van der Waals surface area contributed by atoms with Crippen molar-refractivity contribution in [1.29, 1.82) is 5.26 Å². The number of hydrogen-bond donors (Lipinski definition) is 1. The zero-order valence-electron chi connectivity index (χ0n) is 20.5. The van der Waals surface area contributed by atoms with Crippen molar-refractivity contribution in [3.8, 4) is 17.6 Å². The van der Waals surface area contributed by atoms with E-state index in [0.29, 0.717) is 53.8 Å². The van der Waals surface area contributed by atoms with Crippen LogP contribution in [0.15, 0.2) is 47.8 Å². The van der Waals surface area contributed by atoms with E-state index in [9.17, 15) is 4.79 Å². The number of piperidine rings is 1. The summed E-state index contributed by atoms with van der Waals surface area (Å²) < 4.78 is 11.1. The Morgan fingerprint density at radius 1 is 1.25 bits per heavy atom. The third-order valence-electron chi connectivity index (χ3n) is 6.05. The predicted molar refractivity (Wildman–Crippen MR) is 139 cm³/mol. The Morgan fingerprint density at radius 2 is 2.08 bits per heavy atom. The number of aromatic nitrogens is 2. The van der Waals surface area contributed by atoms with Crippen LogP contribution in [0.2, 0.25) is 0 Å². The van der Waals surface area contributed by atoms with E-state index in [1.165, 1.54) is 11.3 Å². The molecule has 10 heteroatoms. The molecule has 4 rings (SSSR count). The van der Waals surface area contributed by atoms with E-state index in [1.54, 1.807) is 24.4 Å². The molecule has 1 aliphatic heterocycles. The summed E-state index contributed by atoms with van der Waals surface area (Å²) in [5.41, 5.74) is 1.38.